The second-order valence-electron chi connectivity index (χ2n) is 5.32. The van der Waals surface area contributed by atoms with E-state index < -0.39 is 12.0 Å². The first-order valence-electron chi connectivity index (χ1n) is 6.49. The van der Waals surface area contributed by atoms with Gasteiger partial charge in [0.05, 0.1) is 0 Å². The van der Waals surface area contributed by atoms with Crippen molar-refractivity contribution in [3.8, 4) is 0 Å². The van der Waals surface area contributed by atoms with Crippen molar-refractivity contribution in [2.45, 2.75) is 39.2 Å². The normalized spacial score (nSPS) is 21.7. The van der Waals surface area contributed by atoms with E-state index in [1.54, 1.807) is 7.05 Å². The Morgan fingerprint density at radius 3 is 2.56 bits per heavy atom. The zero-order valence-electron chi connectivity index (χ0n) is 11.4. The summed E-state index contributed by atoms with van der Waals surface area (Å²) in [5, 5.41) is 9.15. The summed E-state index contributed by atoms with van der Waals surface area (Å²) in [5.74, 6) is -0.915. The summed E-state index contributed by atoms with van der Waals surface area (Å²) in [6.07, 6.45) is 2.35. The van der Waals surface area contributed by atoms with E-state index in [4.69, 9.17) is 9.84 Å². The molecular weight excluding hydrogens is 234 g/mol. The molecule has 0 spiro atoms. The fourth-order valence-corrected chi connectivity index (χ4v) is 2.41. The standard InChI is InChI=1S/C13H23NO4/c1-9(2)12(13(16)17)14(3)11(15)7-10-5-4-6-18-8-10/h9-10,12H,4-8H2,1-3H3,(H,16,17). The van der Waals surface area contributed by atoms with Gasteiger partial charge in [-0.3, -0.25) is 4.79 Å². The number of rotatable bonds is 5. The minimum Gasteiger partial charge on any atom is -0.480 e. The summed E-state index contributed by atoms with van der Waals surface area (Å²) in [6, 6.07) is -0.748. The molecule has 1 N–H and O–H groups in total. The average Bonchev–Trinajstić information content (AvgIpc) is 2.29. The number of carbonyl (C=O) groups excluding carboxylic acids is 1. The van der Waals surface area contributed by atoms with Crippen LogP contribution in [0.15, 0.2) is 0 Å². The number of likely N-dealkylation sites (N-methyl/N-ethyl adjacent to an activating group) is 1. The first kappa shape index (κ1) is 15.0. The van der Waals surface area contributed by atoms with Crippen LogP contribution in [-0.2, 0) is 14.3 Å². The van der Waals surface area contributed by atoms with Crippen LogP contribution in [-0.4, -0.2) is 48.2 Å². The van der Waals surface area contributed by atoms with E-state index in [2.05, 4.69) is 0 Å². The van der Waals surface area contributed by atoms with E-state index in [1.807, 2.05) is 13.8 Å². The molecule has 2 unspecified atom stereocenters. The Kier molecular flexibility index (Phi) is 5.59. The lowest BCUT2D eigenvalue weighted by Crippen LogP contribution is -2.46. The summed E-state index contributed by atoms with van der Waals surface area (Å²) in [5.41, 5.74) is 0. The molecule has 1 rings (SSSR count). The summed E-state index contributed by atoms with van der Waals surface area (Å²) in [6.45, 7) is 5.00. The Morgan fingerprint density at radius 2 is 2.11 bits per heavy atom. The number of carboxylic acids is 1. The molecule has 0 bridgehead atoms. The van der Waals surface area contributed by atoms with E-state index >= 15 is 0 Å². The maximum absolute atomic E-state index is 12.1. The Bertz CT molecular complexity index is 297. The molecule has 1 saturated heterocycles. The molecule has 5 heteroatoms. The predicted octanol–water partition coefficient (Wildman–Crippen LogP) is 1.37. The van der Waals surface area contributed by atoms with Gasteiger partial charge in [0.15, 0.2) is 0 Å². The quantitative estimate of drug-likeness (QED) is 0.807. The van der Waals surface area contributed by atoms with Crippen molar-refractivity contribution >= 4 is 11.9 Å². The van der Waals surface area contributed by atoms with Crippen molar-refractivity contribution in [2.75, 3.05) is 20.3 Å². The lowest BCUT2D eigenvalue weighted by molar-refractivity contribution is -0.151. The molecule has 0 aliphatic carbocycles. The lowest BCUT2D eigenvalue weighted by atomic mass is 9.96. The first-order valence-corrected chi connectivity index (χ1v) is 6.49. The minimum atomic E-state index is -0.944. The Morgan fingerprint density at radius 1 is 1.44 bits per heavy atom. The molecule has 0 aromatic rings. The van der Waals surface area contributed by atoms with E-state index in [-0.39, 0.29) is 17.7 Å². The molecule has 1 amide bonds. The van der Waals surface area contributed by atoms with Gasteiger partial charge in [-0.2, -0.15) is 0 Å². The number of nitrogens with zero attached hydrogens (tertiary/aromatic N) is 1. The number of carboxylic acid groups (broad SMARTS) is 1. The fraction of sp³-hybridized carbons (Fsp3) is 0.846. The Hall–Kier alpha value is -1.10. The van der Waals surface area contributed by atoms with Gasteiger partial charge >= 0.3 is 5.97 Å². The van der Waals surface area contributed by atoms with Crippen molar-refractivity contribution in [3.05, 3.63) is 0 Å². The highest BCUT2D eigenvalue weighted by Crippen LogP contribution is 2.19. The van der Waals surface area contributed by atoms with Crippen LogP contribution in [0.2, 0.25) is 0 Å². The molecule has 2 atom stereocenters. The molecule has 5 nitrogen and oxygen atoms in total. The number of hydrogen-bond acceptors (Lipinski definition) is 3. The van der Waals surface area contributed by atoms with Crippen LogP contribution in [0.4, 0.5) is 0 Å². The number of ether oxygens (including phenoxy) is 1. The van der Waals surface area contributed by atoms with Gasteiger partial charge in [-0.1, -0.05) is 13.8 Å². The van der Waals surface area contributed by atoms with Crippen LogP contribution >= 0.6 is 0 Å². The molecule has 18 heavy (non-hydrogen) atoms. The number of carbonyl (C=O) groups is 2. The van der Waals surface area contributed by atoms with Crippen molar-refractivity contribution in [1.82, 2.24) is 4.90 Å². The van der Waals surface area contributed by atoms with Crippen LogP contribution in [0, 0.1) is 11.8 Å². The van der Waals surface area contributed by atoms with E-state index in [0.29, 0.717) is 13.0 Å². The number of aliphatic carboxylic acids is 1. The van der Waals surface area contributed by atoms with Gasteiger partial charge in [-0.15, -0.1) is 0 Å². The van der Waals surface area contributed by atoms with Crippen molar-refractivity contribution in [3.63, 3.8) is 0 Å². The predicted molar refractivity (Wildman–Crippen MR) is 67.2 cm³/mol. The van der Waals surface area contributed by atoms with E-state index in [9.17, 15) is 9.59 Å². The van der Waals surface area contributed by atoms with Crippen LogP contribution in [0.1, 0.15) is 33.1 Å². The fourth-order valence-electron chi connectivity index (χ4n) is 2.41. The largest absolute Gasteiger partial charge is 0.480 e. The van der Waals surface area contributed by atoms with Gasteiger partial charge in [-0.05, 0) is 24.7 Å². The molecule has 1 fully saturated rings. The molecule has 0 saturated carbocycles. The van der Waals surface area contributed by atoms with E-state index in [1.165, 1.54) is 4.90 Å². The minimum absolute atomic E-state index is 0.0981. The second-order valence-corrected chi connectivity index (χ2v) is 5.32. The Labute approximate surface area is 108 Å². The maximum Gasteiger partial charge on any atom is 0.326 e. The molecule has 0 aromatic heterocycles. The summed E-state index contributed by atoms with van der Waals surface area (Å²) < 4.78 is 5.33. The summed E-state index contributed by atoms with van der Waals surface area (Å²) in [7, 11) is 1.57. The zero-order chi connectivity index (χ0) is 13.7. The van der Waals surface area contributed by atoms with Crippen LogP contribution < -0.4 is 0 Å². The zero-order valence-corrected chi connectivity index (χ0v) is 11.4. The van der Waals surface area contributed by atoms with Crippen molar-refractivity contribution in [2.24, 2.45) is 11.8 Å². The first-order chi connectivity index (χ1) is 8.43. The number of amides is 1. The third kappa shape index (κ3) is 3.98. The van der Waals surface area contributed by atoms with Gasteiger partial charge < -0.3 is 14.7 Å². The lowest BCUT2D eigenvalue weighted by Gasteiger charge is -2.30. The molecule has 1 heterocycles. The SMILES string of the molecule is CC(C)C(C(=O)O)N(C)C(=O)CC1CCCOC1. The topological polar surface area (TPSA) is 66.8 Å². The van der Waals surface area contributed by atoms with Gasteiger partial charge in [0.25, 0.3) is 0 Å². The highest BCUT2D eigenvalue weighted by molar-refractivity contribution is 5.83. The van der Waals surface area contributed by atoms with Crippen LogP contribution in [0.25, 0.3) is 0 Å². The van der Waals surface area contributed by atoms with Crippen LogP contribution in [0.5, 0.6) is 0 Å². The third-order valence-electron chi connectivity index (χ3n) is 3.41. The molecule has 1 aliphatic heterocycles. The molecule has 1 aliphatic rings. The Balaban J connectivity index is 2.55. The molecule has 0 radical (unpaired) electrons. The third-order valence-corrected chi connectivity index (χ3v) is 3.41. The number of hydrogen-bond donors (Lipinski definition) is 1. The monoisotopic (exact) mass is 257 g/mol. The summed E-state index contributed by atoms with van der Waals surface area (Å²) in [4.78, 5) is 24.6. The van der Waals surface area contributed by atoms with Crippen molar-refractivity contribution < 1.29 is 19.4 Å². The van der Waals surface area contributed by atoms with E-state index in [0.717, 1.165) is 19.4 Å². The molecular formula is C13H23NO4. The molecule has 104 valence electrons. The smallest absolute Gasteiger partial charge is 0.326 e. The van der Waals surface area contributed by atoms with Gasteiger partial charge in [0.1, 0.15) is 6.04 Å². The molecule has 0 aromatic carbocycles. The van der Waals surface area contributed by atoms with Gasteiger partial charge in [0.2, 0.25) is 5.91 Å². The second kappa shape index (κ2) is 6.73. The summed E-state index contributed by atoms with van der Waals surface area (Å²) >= 11 is 0. The van der Waals surface area contributed by atoms with Crippen LogP contribution in [0.3, 0.4) is 0 Å². The van der Waals surface area contributed by atoms with Gasteiger partial charge in [-0.25, -0.2) is 4.79 Å². The highest BCUT2D eigenvalue weighted by atomic mass is 16.5. The maximum atomic E-state index is 12.1. The average molecular weight is 257 g/mol. The highest BCUT2D eigenvalue weighted by Gasteiger charge is 2.30. The van der Waals surface area contributed by atoms with Gasteiger partial charge in [0, 0.05) is 26.7 Å². The van der Waals surface area contributed by atoms with Crippen molar-refractivity contribution in [1.29, 1.82) is 0 Å².